The molecule has 0 fully saturated rings. The lowest BCUT2D eigenvalue weighted by atomic mass is 9.95. The standard InChI is InChI=1S/C20H29N3O5/c1-19(2,3)22-17(25)12-6-7-15-13(10-12)21-11-16(28-15)14(24)8-9-20(4,5)23-18(26)27/h6-7,10,16,21,23H,8-9,11H2,1-5H3,(H,22,25)(H,26,27). The Morgan fingerprint density at radius 2 is 1.86 bits per heavy atom. The molecule has 2 rings (SSSR count). The van der Waals surface area contributed by atoms with E-state index in [1.807, 2.05) is 20.8 Å². The maximum Gasteiger partial charge on any atom is 0.405 e. The van der Waals surface area contributed by atoms with Gasteiger partial charge in [0, 0.05) is 23.1 Å². The fourth-order valence-corrected chi connectivity index (χ4v) is 2.85. The van der Waals surface area contributed by atoms with Crippen LogP contribution in [0.15, 0.2) is 18.2 Å². The SMILES string of the molecule is CC(C)(C)NC(=O)c1ccc2c(c1)NCC(C(=O)CCC(C)(C)NC(=O)O)O2. The summed E-state index contributed by atoms with van der Waals surface area (Å²) in [6, 6.07) is 5.04. The number of ketones is 1. The number of hydrogen-bond acceptors (Lipinski definition) is 5. The van der Waals surface area contributed by atoms with Gasteiger partial charge in [0.25, 0.3) is 5.91 Å². The fraction of sp³-hybridized carbons (Fsp3) is 0.550. The van der Waals surface area contributed by atoms with Gasteiger partial charge in [-0.1, -0.05) is 0 Å². The van der Waals surface area contributed by atoms with Crippen LogP contribution in [0.25, 0.3) is 0 Å². The minimum absolute atomic E-state index is 0.104. The van der Waals surface area contributed by atoms with Crippen LogP contribution in [0.2, 0.25) is 0 Å². The number of Topliss-reactive ketones (excluding diaryl/α,β-unsaturated/α-hetero) is 1. The van der Waals surface area contributed by atoms with Crippen LogP contribution >= 0.6 is 0 Å². The predicted molar refractivity (Wildman–Crippen MR) is 106 cm³/mol. The van der Waals surface area contributed by atoms with Crippen LogP contribution in [0.4, 0.5) is 10.5 Å². The molecule has 0 radical (unpaired) electrons. The Morgan fingerprint density at radius 3 is 2.46 bits per heavy atom. The van der Waals surface area contributed by atoms with Gasteiger partial charge < -0.3 is 25.8 Å². The second-order valence-corrected chi connectivity index (χ2v) is 8.68. The maximum atomic E-state index is 12.5. The van der Waals surface area contributed by atoms with Crippen LogP contribution in [0.1, 0.15) is 57.8 Å². The lowest BCUT2D eigenvalue weighted by Gasteiger charge is -2.29. The smallest absolute Gasteiger partial charge is 0.405 e. The highest BCUT2D eigenvalue weighted by atomic mass is 16.5. The molecule has 8 nitrogen and oxygen atoms in total. The van der Waals surface area contributed by atoms with Gasteiger partial charge in [0.15, 0.2) is 11.9 Å². The zero-order valence-corrected chi connectivity index (χ0v) is 17.0. The zero-order chi connectivity index (χ0) is 21.1. The summed E-state index contributed by atoms with van der Waals surface area (Å²) in [4.78, 5) is 35.6. The summed E-state index contributed by atoms with van der Waals surface area (Å²) in [7, 11) is 0. The van der Waals surface area contributed by atoms with Crippen LogP contribution in [-0.4, -0.2) is 46.6 Å². The average molecular weight is 391 g/mol. The number of ether oxygens (including phenoxy) is 1. The number of carbonyl (C=O) groups excluding carboxylic acids is 2. The first-order valence-corrected chi connectivity index (χ1v) is 9.27. The number of benzene rings is 1. The molecule has 1 unspecified atom stereocenters. The van der Waals surface area contributed by atoms with E-state index in [4.69, 9.17) is 9.84 Å². The van der Waals surface area contributed by atoms with Crippen molar-refractivity contribution in [2.45, 2.75) is 64.6 Å². The van der Waals surface area contributed by atoms with Crippen LogP contribution < -0.4 is 20.7 Å². The number of fused-ring (bicyclic) bond motifs is 1. The Hall–Kier alpha value is -2.77. The predicted octanol–water partition coefficient (Wildman–Crippen LogP) is 2.78. The lowest BCUT2D eigenvalue weighted by Crippen LogP contribution is -2.44. The molecule has 1 aliphatic heterocycles. The fourth-order valence-electron chi connectivity index (χ4n) is 2.85. The lowest BCUT2D eigenvalue weighted by molar-refractivity contribution is -0.125. The van der Waals surface area contributed by atoms with Gasteiger partial charge in [-0.05, 0) is 59.2 Å². The third-order valence-electron chi connectivity index (χ3n) is 4.28. The maximum absolute atomic E-state index is 12.5. The summed E-state index contributed by atoms with van der Waals surface area (Å²) >= 11 is 0. The van der Waals surface area contributed by atoms with Crippen molar-refractivity contribution in [2.75, 3.05) is 11.9 Å². The van der Waals surface area contributed by atoms with E-state index in [9.17, 15) is 14.4 Å². The van der Waals surface area contributed by atoms with Crippen LogP contribution in [0.5, 0.6) is 5.75 Å². The number of hydrogen-bond donors (Lipinski definition) is 4. The van der Waals surface area contributed by atoms with Gasteiger partial charge in [-0.15, -0.1) is 0 Å². The molecule has 2 amide bonds. The second kappa shape index (κ2) is 8.08. The van der Waals surface area contributed by atoms with E-state index in [0.29, 0.717) is 30.0 Å². The highest BCUT2D eigenvalue weighted by molar-refractivity contribution is 5.96. The number of rotatable bonds is 6. The Bertz CT molecular complexity index is 768. The molecule has 8 heteroatoms. The number of carboxylic acid groups (broad SMARTS) is 1. The molecule has 0 bridgehead atoms. The van der Waals surface area contributed by atoms with Crippen molar-refractivity contribution in [3.8, 4) is 5.75 Å². The third kappa shape index (κ3) is 6.14. The molecule has 0 aliphatic carbocycles. The van der Waals surface area contributed by atoms with Crippen molar-refractivity contribution in [1.29, 1.82) is 0 Å². The molecule has 1 aromatic rings. The first-order chi connectivity index (χ1) is 12.9. The van der Waals surface area contributed by atoms with Crippen LogP contribution in [0, 0.1) is 0 Å². The van der Waals surface area contributed by atoms with E-state index in [0.717, 1.165) is 0 Å². The first kappa shape index (κ1) is 21.5. The van der Waals surface area contributed by atoms with Gasteiger partial charge >= 0.3 is 6.09 Å². The third-order valence-corrected chi connectivity index (χ3v) is 4.28. The van der Waals surface area contributed by atoms with E-state index in [-0.39, 0.29) is 23.7 Å². The minimum atomic E-state index is -1.12. The Morgan fingerprint density at radius 1 is 1.18 bits per heavy atom. The van der Waals surface area contributed by atoms with Gasteiger partial charge in [0.2, 0.25) is 0 Å². The molecule has 1 aliphatic rings. The molecule has 1 aromatic carbocycles. The Labute approximate surface area is 165 Å². The number of nitrogens with one attached hydrogen (secondary N) is 3. The molecule has 0 spiro atoms. The number of anilines is 1. The summed E-state index contributed by atoms with van der Waals surface area (Å²) in [6.07, 6.45) is -1.20. The van der Waals surface area contributed by atoms with Gasteiger partial charge in [-0.25, -0.2) is 4.79 Å². The Balaban J connectivity index is 1.98. The summed E-state index contributed by atoms with van der Waals surface area (Å²) < 4.78 is 5.80. The topological polar surface area (TPSA) is 117 Å². The molecular weight excluding hydrogens is 362 g/mol. The molecule has 4 N–H and O–H groups in total. The van der Waals surface area contributed by atoms with E-state index in [1.165, 1.54) is 0 Å². The van der Waals surface area contributed by atoms with E-state index >= 15 is 0 Å². The summed E-state index contributed by atoms with van der Waals surface area (Å²) in [6.45, 7) is 9.49. The zero-order valence-electron chi connectivity index (χ0n) is 17.0. The van der Waals surface area contributed by atoms with Crippen molar-refractivity contribution in [1.82, 2.24) is 10.6 Å². The van der Waals surface area contributed by atoms with Crippen LogP contribution in [-0.2, 0) is 4.79 Å². The van der Waals surface area contributed by atoms with Crippen molar-refractivity contribution >= 4 is 23.5 Å². The second-order valence-electron chi connectivity index (χ2n) is 8.68. The summed E-state index contributed by atoms with van der Waals surface area (Å²) in [5.41, 5.74) is 0.142. The van der Waals surface area contributed by atoms with Gasteiger partial charge in [-0.2, -0.15) is 0 Å². The normalized spacial score (nSPS) is 16.2. The number of carbonyl (C=O) groups is 3. The van der Waals surface area contributed by atoms with E-state index < -0.39 is 17.7 Å². The highest BCUT2D eigenvalue weighted by Gasteiger charge is 2.29. The molecule has 154 valence electrons. The van der Waals surface area contributed by atoms with Crippen molar-refractivity contribution < 1.29 is 24.2 Å². The molecule has 0 saturated heterocycles. The first-order valence-electron chi connectivity index (χ1n) is 9.27. The molecule has 1 atom stereocenters. The molecule has 28 heavy (non-hydrogen) atoms. The van der Waals surface area contributed by atoms with Crippen molar-refractivity contribution in [3.05, 3.63) is 23.8 Å². The summed E-state index contributed by atoms with van der Waals surface area (Å²) in [5, 5.41) is 17.3. The monoisotopic (exact) mass is 391 g/mol. The summed E-state index contributed by atoms with van der Waals surface area (Å²) in [5.74, 6) is 0.233. The van der Waals surface area contributed by atoms with Crippen molar-refractivity contribution in [2.24, 2.45) is 0 Å². The Kier molecular flexibility index (Phi) is 6.21. The van der Waals surface area contributed by atoms with Crippen LogP contribution in [0.3, 0.4) is 0 Å². The molecule has 0 aromatic heterocycles. The quantitative estimate of drug-likeness (QED) is 0.592. The van der Waals surface area contributed by atoms with E-state index in [2.05, 4.69) is 16.0 Å². The molecular formula is C20H29N3O5. The minimum Gasteiger partial charge on any atom is -0.479 e. The molecule has 0 saturated carbocycles. The van der Waals surface area contributed by atoms with Gasteiger partial charge in [-0.3, -0.25) is 9.59 Å². The largest absolute Gasteiger partial charge is 0.479 e. The highest BCUT2D eigenvalue weighted by Crippen LogP contribution is 2.31. The number of amides is 2. The van der Waals surface area contributed by atoms with Crippen molar-refractivity contribution in [3.63, 3.8) is 0 Å². The van der Waals surface area contributed by atoms with Gasteiger partial charge in [0.05, 0.1) is 12.2 Å². The average Bonchev–Trinajstić information content (AvgIpc) is 2.56. The van der Waals surface area contributed by atoms with Gasteiger partial charge in [0.1, 0.15) is 5.75 Å². The molecule has 1 heterocycles. The van der Waals surface area contributed by atoms with E-state index in [1.54, 1.807) is 32.0 Å².